The van der Waals surface area contributed by atoms with Gasteiger partial charge in [0.15, 0.2) is 0 Å². The molecule has 0 fully saturated rings. The Morgan fingerprint density at radius 1 is 1.14 bits per heavy atom. The number of aromatic nitrogens is 2. The minimum Gasteiger partial charge on any atom is -0.481 e. The fourth-order valence-corrected chi connectivity index (χ4v) is 2.16. The number of nitrogens with zero attached hydrogens (tertiary/aromatic N) is 2. The van der Waals surface area contributed by atoms with Gasteiger partial charge >= 0.3 is 0 Å². The molecule has 0 saturated heterocycles. The third-order valence-electron chi connectivity index (χ3n) is 2.63. The second kappa shape index (κ2) is 6.40. The highest BCUT2D eigenvalue weighted by Gasteiger charge is 2.06. The first-order valence-electron chi connectivity index (χ1n) is 6.27. The number of hydrogen-bond donors (Lipinski definition) is 2. The second-order valence-electron chi connectivity index (χ2n) is 4.13. The standard InChI is InChI=1S/C13H16N4O3S/c1-3-21(18,19)17-11-6-4-10(5-7-11)15-13-14-9-8-12(16-13)20-2/h4-9,17H,3H2,1-2H3,(H,14,15,16). The molecule has 2 aromatic rings. The first kappa shape index (κ1) is 15.0. The lowest BCUT2D eigenvalue weighted by molar-refractivity contribution is 0.397. The monoisotopic (exact) mass is 308 g/mol. The van der Waals surface area contributed by atoms with Crippen molar-refractivity contribution in [2.24, 2.45) is 0 Å². The molecular formula is C13H16N4O3S. The van der Waals surface area contributed by atoms with Crippen LogP contribution in [0.1, 0.15) is 6.92 Å². The van der Waals surface area contributed by atoms with E-state index in [0.29, 0.717) is 17.5 Å². The van der Waals surface area contributed by atoms with Crippen molar-refractivity contribution >= 4 is 27.3 Å². The third kappa shape index (κ3) is 4.32. The van der Waals surface area contributed by atoms with Gasteiger partial charge in [0.1, 0.15) is 0 Å². The second-order valence-corrected chi connectivity index (χ2v) is 6.14. The SMILES string of the molecule is CCS(=O)(=O)Nc1ccc(Nc2nccc(OC)n2)cc1. The fraction of sp³-hybridized carbons (Fsp3) is 0.231. The summed E-state index contributed by atoms with van der Waals surface area (Å²) in [7, 11) is -1.74. The van der Waals surface area contributed by atoms with Gasteiger partial charge in [-0.15, -0.1) is 0 Å². The van der Waals surface area contributed by atoms with Crippen LogP contribution in [0.15, 0.2) is 36.5 Å². The number of anilines is 3. The van der Waals surface area contributed by atoms with Crippen LogP contribution >= 0.6 is 0 Å². The molecule has 1 aromatic heterocycles. The smallest absolute Gasteiger partial charge is 0.232 e. The number of sulfonamides is 1. The van der Waals surface area contributed by atoms with Crippen LogP contribution in [0.25, 0.3) is 0 Å². The molecule has 0 spiro atoms. The van der Waals surface area contributed by atoms with Crippen molar-refractivity contribution in [3.8, 4) is 5.88 Å². The molecule has 2 rings (SSSR count). The first-order valence-corrected chi connectivity index (χ1v) is 7.92. The lowest BCUT2D eigenvalue weighted by Crippen LogP contribution is -2.14. The normalized spacial score (nSPS) is 11.0. The Labute approximate surface area is 123 Å². The minimum atomic E-state index is -3.26. The molecule has 0 atom stereocenters. The maximum Gasteiger partial charge on any atom is 0.232 e. The molecule has 112 valence electrons. The topological polar surface area (TPSA) is 93.2 Å². The van der Waals surface area contributed by atoms with Gasteiger partial charge in [0.2, 0.25) is 21.9 Å². The van der Waals surface area contributed by atoms with E-state index in [2.05, 4.69) is 20.0 Å². The van der Waals surface area contributed by atoms with E-state index in [0.717, 1.165) is 5.69 Å². The van der Waals surface area contributed by atoms with E-state index in [-0.39, 0.29) is 5.75 Å². The molecule has 0 amide bonds. The molecule has 0 bridgehead atoms. The summed E-state index contributed by atoms with van der Waals surface area (Å²) in [5.74, 6) is 0.890. The van der Waals surface area contributed by atoms with Crippen molar-refractivity contribution in [2.45, 2.75) is 6.92 Å². The first-order chi connectivity index (χ1) is 10.0. The van der Waals surface area contributed by atoms with Gasteiger partial charge in [-0.3, -0.25) is 4.72 Å². The molecule has 21 heavy (non-hydrogen) atoms. The average molecular weight is 308 g/mol. The molecule has 7 nitrogen and oxygen atoms in total. The van der Waals surface area contributed by atoms with Crippen LogP contribution in [0.3, 0.4) is 0 Å². The fourth-order valence-electron chi connectivity index (χ4n) is 1.52. The molecule has 0 aliphatic heterocycles. The molecule has 0 radical (unpaired) electrons. The van der Waals surface area contributed by atoms with Crippen LogP contribution < -0.4 is 14.8 Å². The van der Waals surface area contributed by atoms with E-state index < -0.39 is 10.0 Å². The highest BCUT2D eigenvalue weighted by atomic mass is 32.2. The van der Waals surface area contributed by atoms with E-state index in [9.17, 15) is 8.42 Å². The van der Waals surface area contributed by atoms with E-state index in [4.69, 9.17) is 4.74 Å². The number of nitrogens with one attached hydrogen (secondary N) is 2. The molecule has 0 saturated carbocycles. The number of ether oxygens (including phenoxy) is 1. The molecule has 8 heteroatoms. The van der Waals surface area contributed by atoms with Crippen LogP contribution in [-0.2, 0) is 10.0 Å². The summed E-state index contributed by atoms with van der Waals surface area (Å²) in [5.41, 5.74) is 1.25. The molecule has 0 aliphatic rings. The maximum atomic E-state index is 11.5. The summed E-state index contributed by atoms with van der Waals surface area (Å²) < 4.78 is 30.4. The van der Waals surface area contributed by atoms with Crippen LogP contribution in [0.2, 0.25) is 0 Å². The molecule has 1 heterocycles. The molecule has 1 aromatic carbocycles. The summed E-state index contributed by atoms with van der Waals surface area (Å²) in [5, 5.41) is 3.00. The summed E-state index contributed by atoms with van der Waals surface area (Å²) in [4.78, 5) is 8.19. The van der Waals surface area contributed by atoms with Crippen molar-refractivity contribution in [3.05, 3.63) is 36.5 Å². The Morgan fingerprint density at radius 3 is 2.43 bits per heavy atom. The molecule has 0 aliphatic carbocycles. The van der Waals surface area contributed by atoms with Crippen LogP contribution in [-0.4, -0.2) is 31.2 Å². The maximum absolute atomic E-state index is 11.5. The minimum absolute atomic E-state index is 0.0324. The highest BCUT2D eigenvalue weighted by Crippen LogP contribution is 2.18. The Bertz CT molecular complexity index is 702. The van der Waals surface area contributed by atoms with E-state index in [1.807, 2.05) is 0 Å². The number of rotatable bonds is 6. The van der Waals surface area contributed by atoms with Gasteiger partial charge in [-0.2, -0.15) is 4.98 Å². The van der Waals surface area contributed by atoms with Gasteiger partial charge in [0.25, 0.3) is 0 Å². The number of benzene rings is 1. The van der Waals surface area contributed by atoms with Gasteiger partial charge in [0, 0.05) is 23.6 Å². The zero-order chi connectivity index (χ0) is 15.3. The van der Waals surface area contributed by atoms with Gasteiger partial charge < -0.3 is 10.1 Å². The zero-order valence-corrected chi connectivity index (χ0v) is 12.5. The Balaban J connectivity index is 2.08. The lowest BCUT2D eigenvalue weighted by Gasteiger charge is -2.08. The van der Waals surface area contributed by atoms with Crippen molar-refractivity contribution in [1.82, 2.24) is 9.97 Å². The van der Waals surface area contributed by atoms with Crippen molar-refractivity contribution in [3.63, 3.8) is 0 Å². The van der Waals surface area contributed by atoms with E-state index in [1.165, 1.54) is 7.11 Å². The van der Waals surface area contributed by atoms with Crippen LogP contribution in [0, 0.1) is 0 Å². The van der Waals surface area contributed by atoms with Gasteiger partial charge in [-0.25, -0.2) is 13.4 Å². The summed E-state index contributed by atoms with van der Waals surface area (Å²) in [6.07, 6.45) is 1.58. The Hall–Kier alpha value is -2.35. The van der Waals surface area contributed by atoms with Gasteiger partial charge in [0.05, 0.1) is 12.9 Å². The predicted molar refractivity (Wildman–Crippen MR) is 81.4 cm³/mol. The molecule has 2 N–H and O–H groups in total. The molecule has 0 unspecified atom stereocenters. The third-order valence-corrected chi connectivity index (χ3v) is 3.94. The predicted octanol–water partition coefficient (Wildman–Crippen LogP) is 1.99. The quantitative estimate of drug-likeness (QED) is 0.847. The molecular weight excluding hydrogens is 292 g/mol. The average Bonchev–Trinajstić information content (AvgIpc) is 2.49. The van der Waals surface area contributed by atoms with Gasteiger partial charge in [-0.05, 0) is 31.2 Å². The van der Waals surface area contributed by atoms with Crippen LogP contribution in [0.5, 0.6) is 5.88 Å². The van der Waals surface area contributed by atoms with Gasteiger partial charge in [-0.1, -0.05) is 0 Å². The van der Waals surface area contributed by atoms with Crippen molar-refractivity contribution in [2.75, 3.05) is 22.9 Å². The summed E-state index contributed by atoms with van der Waals surface area (Å²) in [6.45, 7) is 1.58. The Morgan fingerprint density at radius 2 is 1.81 bits per heavy atom. The number of hydrogen-bond acceptors (Lipinski definition) is 6. The van der Waals surface area contributed by atoms with E-state index >= 15 is 0 Å². The largest absolute Gasteiger partial charge is 0.481 e. The zero-order valence-electron chi connectivity index (χ0n) is 11.7. The van der Waals surface area contributed by atoms with Crippen molar-refractivity contribution < 1.29 is 13.2 Å². The van der Waals surface area contributed by atoms with Crippen LogP contribution in [0.4, 0.5) is 17.3 Å². The summed E-state index contributed by atoms with van der Waals surface area (Å²) in [6, 6.07) is 8.44. The van der Waals surface area contributed by atoms with E-state index in [1.54, 1.807) is 43.5 Å². The summed E-state index contributed by atoms with van der Waals surface area (Å²) >= 11 is 0. The highest BCUT2D eigenvalue weighted by molar-refractivity contribution is 7.92. The number of methoxy groups -OCH3 is 1. The lowest BCUT2D eigenvalue weighted by atomic mass is 10.3. The Kier molecular flexibility index (Phi) is 4.59. The van der Waals surface area contributed by atoms with Crippen molar-refractivity contribution in [1.29, 1.82) is 0 Å².